The molecule has 0 fully saturated rings. The van der Waals surface area contributed by atoms with E-state index in [2.05, 4.69) is 15.1 Å². The lowest BCUT2D eigenvalue weighted by molar-refractivity contribution is 0.412. The molecule has 0 aliphatic rings. The van der Waals surface area contributed by atoms with Gasteiger partial charge < -0.3 is 10.5 Å². The van der Waals surface area contributed by atoms with Gasteiger partial charge >= 0.3 is 0 Å². The van der Waals surface area contributed by atoms with Crippen molar-refractivity contribution in [3.05, 3.63) is 30.4 Å². The molecule has 0 saturated carbocycles. The van der Waals surface area contributed by atoms with Gasteiger partial charge in [-0.3, -0.25) is 0 Å². The number of ether oxygens (including phenoxy) is 1. The number of nitrogens with two attached hydrogens (primary N) is 1. The first-order chi connectivity index (χ1) is 9.13. The van der Waals surface area contributed by atoms with Gasteiger partial charge in [-0.2, -0.15) is 5.10 Å². The topological polar surface area (TPSA) is 78.3 Å². The quantitative estimate of drug-likeness (QED) is 0.483. The van der Waals surface area contributed by atoms with Gasteiger partial charge in [0.15, 0.2) is 5.17 Å². The fraction of sp³-hybridized carbons (Fsp3) is 0.250. The van der Waals surface area contributed by atoms with E-state index in [9.17, 15) is 0 Å². The largest absolute Gasteiger partial charge is 0.494 e. The summed E-state index contributed by atoms with van der Waals surface area (Å²) in [6.07, 6.45) is 3.52. The maximum atomic E-state index is 5.69. The number of amidine groups is 1. The molecule has 0 radical (unpaired) electrons. The summed E-state index contributed by atoms with van der Waals surface area (Å²) in [6.45, 7) is 1.83. The number of benzene rings is 1. The second kappa shape index (κ2) is 7.48. The molecule has 2 rings (SSSR count). The summed E-state index contributed by atoms with van der Waals surface area (Å²) in [7, 11) is 1.61. The minimum absolute atomic E-state index is 0. The van der Waals surface area contributed by atoms with Crippen LogP contribution in [0.4, 0.5) is 5.69 Å². The predicted octanol–water partition coefficient (Wildman–Crippen LogP) is 2.51. The third kappa shape index (κ3) is 3.85. The molecule has 1 aromatic heterocycles. The number of hydrogen-bond donors (Lipinski definition) is 1. The van der Waals surface area contributed by atoms with Gasteiger partial charge in [-0.25, -0.2) is 14.7 Å². The van der Waals surface area contributed by atoms with Gasteiger partial charge in [0.25, 0.3) is 0 Å². The lowest BCUT2D eigenvalue weighted by Gasteiger charge is -2.08. The van der Waals surface area contributed by atoms with Crippen LogP contribution in [0.5, 0.6) is 5.75 Å². The molecule has 0 bridgehead atoms. The van der Waals surface area contributed by atoms with Crippen molar-refractivity contribution in [2.75, 3.05) is 13.4 Å². The normalized spacial score (nSPS) is 11.1. The van der Waals surface area contributed by atoms with Crippen molar-refractivity contribution in [1.29, 1.82) is 0 Å². The Morgan fingerprint density at radius 1 is 1.45 bits per heavy atom. The molecule has 0 aliphatic heterocycles. The van der Waals surface area contributed by atoms with Crippen LogP contribution < -0.4 is 10.5 Å². The zero-order valence-electron chi connectivity index (χ0n) is 11.4. The number of rotatable bonds is 3. The number of halogens is 1. The molecule has 8 heteroatoms. The van der Waals surface area contributed by atoms with Crippen LogP contribution in [-0.2, 0) is 0 Å². The molecule has 0 aliphatic carbocycles. The van der Waals surface area contributed by atoms with Crippen molar-refractivity contribution in [2.24, 2.45) is 10.7 Å². The van der Waals surface area contributed by atoms with Gasteiger partial charge in [0.2, 0.25) is 0 Å². The Morgan fingerprint density at radius 2 is 2.20 bits per heavy atom. The molecule has 0 amide bonds. The standard InChI is InChI=1S/C12H15N5OS.HI/c1-8-14-7-17(16-8)10-5-4-9(6-11(10)18-2)15-12(13)19-3;/h4-7H,1-3H3,(H2,13,15);1H. The van der Waals surface area contributed by atoms with Gasteiger partial charge in [0.05, 0.1) is 12.8 Å². The van der Waals surface area contributed by atoms with Gasteiger partial charge in [-0.15, -0.1) is 24.0 Å². The van der Waals surface area contributed by atoms with Crippen molar-refractivity contribution in [2.45, 2.75) is 6.92 Å². The van der Waals surface area contributed by atoms with E-state index in [-0.39, 0.29) is 24.0 Å². The lowest BCUT2D eigenvalue weighted by atomic mass is 10.2. The molecule has 0 spiro atoms. The molecule has 2 aromatic rings. The van der Waals surface area contributed by atoms with Crippen molar-refractivity contribution >= 4 is 46.6 Å². The van der Waals surface area contributed by atoms with Crippen LogP contribution in [-0.4, -0.2) is 33.3 Å². The fourth-order valence-corrected chi connectivity index (χ4v) is 1.76. The molecule has 2 N–H and O–H groups in total. The molecular weight excluding hydrogens is 389 g/mol. The molecule has 0 saturated heterocycles. The maximum Gasteiger partial charge on any atom is 0.158 e. The summed E-state index contributed by atoms with van der Waals surface area (Å²) in [6, 6.07) is 5.55. The Kier molecular flexibility index (Phi) is 6.27. The van der Waals surface area contributed by atoms with E-state index in [4.69, 9.17) is 10.5 Å². The Hall–Kier alpha value is -1.29. The Balaban J connectivity index is 0.00000200. The summed E-state index contributed by atoms with van der Waals surface area (Å²) in [5, 5.41) is 4.76. The zero-order chi connectivity index (χ0) is 13.8. The summed E-state index contributed by atoms with van der Waals surface area (Å²) in [5.74, 6) is 1.37. The molecule has 1 aromatic carbocycles. The van der Waals surface area contributed by atoms with Gasteiger partial charge in [0, 0.05) is 6.07 Å². The molecular formula is C12H16IN5OS. The van der Waals surface area contributed by atoms with Crippen molar-refractivity contribution in [3.63, 3.8) is 0 Å². The number of methoxy groups -OCH3 is 1. The fourth-order valence-electron chi connectivity index (χ4n) is 1.56. The van der Waals surface area contributed by atoms with E-state index >= 15 is 0 Å². The number of thioether (sulfide) groups is 1. The zero-order valence-corrected chi connectivity index (χ0v) is 14.5. The second-order valence-corrected chi connectivity index (χ2v) is 4.57. The average Bonchev–Trinajstić information content (AvgIpc) is 2.84. The van der Waals surface area contributed by atoms with Crippen LogP contribution in [0.1, 0.15) is 5.82 Å². The van der Waals surface area contributed by atoms with Gasteiger partial charge in [-0.05, 0) is 25.3 Å². The van der Waals surface area contributed by atoms with E-state index in [1.807, 2.05) is 31.4 Å². The molecule has 6 nitrogen and oxygen atoms in total. The Labute approximate surface area is 138 Å². The van der Waals surface area contributed by atoms with E-state index < -0.39 is 0 Å². The van der Waals surface area contributed by atoms with Crippen molar-refractivity contribution in [1.82, 2.24) is 14.8 Å². The third-order valence-corrected chi connectivity index (χ3v) is 2.97. The van der Waals surface area contributed by atoms with E-state index in [1.54, 1.807) is 18.1 Å². The summed E-state index contributed by atoms with van der Waals surface area (Å²) < 4.78 is 7.03. The monoisotopic (exact) mass is 405 g/mol. The minimum atomic E-state index is 0. The van der Waals surface area contributed by atoms with E-state index in [0.717, 1.165) is 11.4 Å². The first kappa shape index (κ1) is 16.8. The predicted molar refractivity (Wildman–Crippen MR) is 92.9 cm³/mol. The summed E-state index contributed by atoms with van der Waals surface area (Å²) in [4.78, 5) is 8.36. The number of nitrogens with zero attached hydrogens (tertiary/aromatic N) is 4. The minimum Gasteiger partial charge on any atom is -0.494 e. The van der Waals surface area contributed by atoms with Crippen LogP contribution in [0.3, 0.4) is 0 Å². The van der Waals surface area contributed by atoms with E-state index in [0.29, 0.717) is 16.7 Å². The maximum absolute atomic E-state index is 5.69. The number of aliphatic imine (C=N–C) groups is 1. The molecule has 0 unspecified atom stereocenters. The highest BCUT2D eigenvalue weighted by molar-refractivity contribution is 14.0. The highest BCUT2D eigenvalue weighted by Gasteiger charge is 2.08. The average molecular weight is 405 g/mol. The van der Waals surface area contributed by atoms with Crippen LogP contribution in [0.2, 0.25) is 0 Å². The van der Waals surface area contributed by atoms with Gasteiger partial charge in [0.1, 0.15) is 23.6 Å². The third-order valence-electron chi connectivity index (χ3n) is 2.46. The van der Waals surface area contributed by atoms with Crippen molar-refractivity contribution < 1.29 is 4.74 Å². The molecule has 108 valence electrons. The highest BCUT2D eigenvalue weighted by Crippen LogP contribution is 2.27. The smallest absolute Gasteiger partial charge is 0.158 e. The number of hydrogen-bond acceptors (Lipinski definition) is 5. The van der Waals surface area contributed by atoms with Crippen LogP contribution in [0.25, 0.3) is 5.69 Å². The molecule has 20 heavy (non-hydrogen) atoms. The lowest BCUT2D eigenvalue weighted by Crippen LogP contribution is -2.04. The first-order valence-corrected chi connectivity index (χ1v) is 6.81. The molecule has 1 heterocycles. The van der Waals surface area contributed by atoms with Crippen LogP contribution in [0.15, 0.2) is 29.5 Å². The summed E-state index contributed by atoms with van der Waals surface area (Å²) >= 11 is 1.40. The summed E-state index contributed by atoms with van der Waals surface area (Å²) in [5.41, 5.74) is 7.24. The highest BCUT2D eigenvalue weighted by atomic mass is 127. The first-order valence-electron chi connectivity index (χ1n) is 5.59. The van der Waals surface area contributed by atoms with E-state index in [1.165, 1.54) is 11.8 Å². The number of aromatic nitrogens is 3. The van der Waals surface area contributed by atoms with Crippen molar-refractivity contribution in [3.8, 4) is 11.4 Å². The Bertz CT molecular complexity index is 614. The molecule has 0 atom stereocenters. The van der Waals surface area contributed by atoms with Crippen LogP contribution in [0, 0.1) is 6.92 Å². The van der Waals surface area contributed by atoms with Crippen LogP contribution >= 0.6 is 35.7 Å². The number of aryl methyl sites for hydroxylation is 1. The SMILES string of the molecule is COc1cc(N=C(N)SC)ccc1-n1cnc(C)n1.I. The second-order valence-electron chi connectivity index (χ2n) is 3.75. The van der Waals surface area contributed by atoms with Gasteiger partial charge in [-0.1, -0.05) is 11.8 Å². The Morgan fingerprint density at radius 3 is 2.75 bits per heavy atom.